The van der Waals surface area contributed by atoms with Gasteiger partial charge in [0, 0.05) is 25.3 Å². The van der Waals surface area contributed by atoms with Crippen LogP contribution in [0.15, 0.2) is 18.3 Å². The van der Waals surface area contributed by atoms with Crippen molar-refractivity contribution in [3.63, 3.8) is 0 Å². The van der Waals surface area contributed by atoms with Crippen LogP contribution in [0.3, 0.4) is 0 Å². The van der Waals surface area contributed by atoms with E-state index in [9.17, 15) is 39.9 Å². The molecule has 1 unspecified atom stereocenters. The van der Waals surface area contributed by atoms with Crippen LogP contribution in [0, 0.1) is 0 Å². The van der Waals surface area contributed by atoms with E-state index in [0.29, 0.717) is 6.20 Å². The fourth-order valence-corrected chi connectivity index (χ4v) is 2.23. The molecule has 1 aromatic rings. The van der Waals surface area contributed by atoms with Crippen LogP contribution < -0.4 is 10.2 Å². The summed E-state index contributed by atoms with van der Waals surface area (Å²) in [6.07, 6.45) is -9.96. The molecular formula is C13H11F8N3O. The molecule has 25 heavy (non-hydrogen) atoms. The molecular weight excluding hydrogens is 366 g/mol. The summed E-state index contributed by atoms with van der Waals surface area (Å²) in [5.41, 5.74) is -0.981. The lowest BCUT2D eigenvalue weighted by atomic mass is 10.2. The quantitative estimate of drug-likeness (QED) is 0.824. The van der Waals surface area contributed by atoms with E-state index in [-0.39, 0.29) is 25.3 Å². The topological polar surface area (TPSA) is 45.2 Å². The first-order valence-electron chi connectivity index (χ1n) is 6.86. The minimum Gasteiger partial charge on any atom is -0.354 e. The third kappa shape index (κ3) is 4.10. The van der Waals surface area contributed by atoms with E-state index in [1.54, 1.807) is 5.32 Å². The van der Waals surface area contributed by atoms with Crippen LogP contribution in [0.4, 0.5) is 40.9 Å². The Bertz CT molecular complexity index is 626. The number of rotatable bonds is 3. The van der Waals surface area contributed by atoms with Crippen LogP contribution in [-0.4, -0.2) is 42.1 Å². The molecule has 0 spiro atoms. The first kappa shape index (κ1) is 19.2. The Morgan fingerprint density at radius 1 is 1.12 bits per heavy atom. The number of aromatic nitrogens is 1. The first-order valence-corrected chi connectivity index (χ1v) is 6.86. The van der Waals surface area contributed by atoms with E-state index in [0.717, 1.165) is 12.1 Å². The number of pyridine rings is 1. The lowest BCUT2D eigenvalue weighted by Gasteiger charge is -2.22. The molecule has 1 fully saturated rings. The van der Waals surface area contributed by atoms with E-state index in [2.05, 4.69) is 4.98 Å². The van der Waals surface area contributed by atoms with Gasteiger partial charge in [-0.15, -0.1) is 0 Å². The summed E-state index contributed by atoms with van der Waals surface area (Å²) in [6, 6.07) is 0.813. The highest BCUT2D eigenvalue weighted by atomic mass is 19.4. The van der Waals surface area contributed by atoms with Crippen molar-refractivity contribution < 1.29 is 39.9 Å². The van der Waals surface area contributed by atoms with Crippen LogP contribution in [0.1, 0.15) is 12.0 Å². The molecule has 0 radical (unpaired) electrons. The molecule has 1 saturated heterocycles. The van der Waals surface area contributed by atoms with E-state index in [1.165, 1.54) is 4.90 Å². The fraction of sp³-hybridized carbons (Fsp3) is 0.538. The molecule has 12 heteroatoms. The second kappa shape index (κ2) is 6.30. The van der Waals surface area contributed by atoms with Gasteiger partial charge in [0.05, 0.1) is 5.56 Å². The molecule has 1 aliphatic rings. The number of nitrogens with zero attached hydrogens (tertiary/aromatic N) is 2. The standard InChI is InChI=1S/C13H11F8N3O/c14-11(15,13(19,20)21)10(25)23-8-3-4-24(6-8)9-2-1-7(5-22-9)12(16,17)18/h1-2,5,8H,3-4,6H2,(H,23,25). The number of carbonyl (C=O) groups is 1. The fourth-order valence-electron chi connectivity index (χ4n) is 2.23. The summed E-state index contributed by atoms with van der Waals surface area (Å²) < 4.78 is 99.4. The molecule has 1 aromatic heterocycles. The Morgan fingerprint density at radius 2 is 1.76 bits per heavy atom. The van der Waals surface area contributed by atoms with Crippen molar-refractivity contribution in [1.82, 2.24) is 10.3 Å². The van der Waals surface area contributed by atoms with E-state index >= 15 is 0 Å². The van der Waals surface area contributed by atoms with Gasteiger partial charge in [0.1, 0.15) is 5.82 Å². The lowest BCUT2D eigenvalue weighted by Crippen LogP contribution is -2.53. The van der Waals surface area contributed by atoms with Gasteiger partial charge in [0.25, 0.3) is 0 Å². The van der Waals surface area contributed by atoms with E-state index in [1.807, 2.05) is 0 Å². The predicted octanol–water partition coefficient (Wildman–Crippen LogP) is 2.99. The van der Waals surface area contributed by atoms with Crippen LogP contribution in [0.25, 0.3) is 0 Å². The van der Waals surface area contributed by atoms with E-state index < -0.39 is 35.8 Å². The van der Waals surface area contributed by atoms with Gasteiger partial charge in [-0.2, -0.15) is 35.1 Å². The largest absolute Gasteiger partial charge is 0.463 e. The minimum absolute atomic E-state index is 0.0440. The Morgan fingerprint density at radius 3 is 2.24 bits per heavy atom. The zero-order valence-electron chi connectivity index (χ0n) is 12.3. The Hall–Kier alpha value is -2.14. The maximum Gasteiger partial charge on any atom is 0.463 e. The smallest absolute Gasteiger partial charge is 0.354 e. The number of hydrogen-bond acceptors (Lipinski definition) is 3. The third-order valence-corrected chi connectivity index (χ3v) is 3.56. The van der Waals surface area contributed by atoms with Crippen molar-refractivity contribution in [2.45, 2.75) is 30.7 Å². The maximum atomic E-state index is 12.9. The van der Waals surface area contributed by atoms with Crippen molar-refractivity contribution in [3.8, 4) is 0 Å². The van der Waals surface area contributed by atoms with Crippen molar-refractivity contribution >= 4 is 11.7 Å². The van der Waals surface area contributed by atoms with Crippen molar-refractivity contribution in [3.05, 3.63) is 23.9 Å². The summed E-state index contributed by atoms with van der Waals surface area (Å²) >= 11 is 0. The molecule has 0 saturated carbocycles. The monoisotopic (exact) mass is 377 g/mol. The van der Waals surface area contributed by atoms with Gasteiger partial charge in [-0.1, -0.05) is 0 Å². The normalized spacial score (nSPS) is 19.2. The molecule has 2 heterocycles. The van der Waals surface area contributed by atoms with Crippen molar-refractivity contribution in [1.29, 1.82) is 0 Å². The molecule has 1 aliphatic heterocycles. The second-order valence-corrected chi connectivity index (χ2v) is 5.38. The summed E-state index contributed by atoms with van der Waals surface area (Å²) in [6.45, 7) is -0.0288. The van der Waals surface area contributed by atoms with Gasteiger partial charge >= 0.3 is 24.2 Å². The Balaban J connectivity index is 1.99. The second-order valence-electron chi connectivity index (χ2n) is 5.38. The minimum atomic E-state index is -6.01. The number of hydrogen-bond donors (Lipinski definition) is 1. The summed E-state index contributed by atoms with van der Waals surface area (Å²) in [5.74, 6) is -7.90. The van der Waals surface area contributed by atoms with Crippen molar-refractivity contribution in [2.24, 2.45) is 0 Å². The Kier molecular flexibility index (Phi) is 4.83. The maximum absolute atomic E-state index is 12.9. The average Bonchev–Trinajstić information content (AvgIpc) is 2.93. The van der Waals surface area contributed by atoms with Crippen molar-refractivity contribution in [2.75, 3.05) is 18.0 Å². The number of alkyl halides is 8. The highest BCUT2D eigenvalue weighted by Gasteiger charge is 2.63. The van der Waals surface area contributed by atoms with Crippen LogP contribution >= 0.6 is 0 Å². The van der Waals surface area contributed by atoms with Gasteiger partial charge in [-0.25, -0.2) is 4.98 Å². The molecule has 2 rings (SSSR count). The van der Waals surface area contributed by atoms with Gasteiger partial charge in [0.15, 0.2) is 0 Å². The molecule has 140 valence electrons. The molecule has 1 N–H and O–H groups in total. The number of carbonyl (C=O) groups excluding carboxylic acids is 1. The molecule has 4 nitrogen and oxygen atoms in total. The number of nitrogens with one attached hydrogen (secondary N) is 1. The van der Waals surface area contributed by atoms with Gasteiger partial charge < -0.3 is 10.2 Å². The summed E-state index contributed by atoms with van der Waals surface area (Å²) in [7, 11) is 0. The lowest BCUT2D eigenvalue weighted by molar-refractivity contribution is -0.270. The third-order valence-electron chi connectivity index (χ3n) is 3.56. The van der Waals surface area contributed by atoms with Crippen LogP contribution in [-0.2, 0) is 11.0 Å². The molecule has 0 aliphatic carbocycles. The Labute approximate surface area is 135 Å². The average molecular weight is 377 g/mol. The highest BCUT2D eigenvalue weighted by molar-refractivity contribution is 5.84. The molecule has 0 bridgehead atoms. The van der Waals surface area contributed by atoms with Gasteiger partial charge in [-0.05, 0) is 18.6 Å². The first-order chi connectivity index (χ1) is 11.3. The summed E-state index contributed by atoms with van der Waals surface area (Å²) in [4.78, 5) is 16.1. The zero-order chi connectivity index (χ0) is 19.0. The van der Waals surface area contributed by atoms with Gasteiger partial charge in [0.2, 0.25) is 0 Å². The molecule has 1 atom stereocenters. The molecule has 1 amide bonds. The zero-order valence-corrected chi connectivity index (χ0v) is 12.3. The number of anilines is 1. The number of halogens is 8. The van der Waals surface area contributed by atoms with Crippen LogP contribution in [0.2, 0.25) is 0 Å². The summed E-state index contributed by atoms with van der Waals surface area (Å²) in [5, 5.41) is 1.60. The predicted molar refractivity (Wildman–Crippen MR) is 69.0 cm³/mol. The highest BCUT2D eigenvalue weighted by Crippen LogP contribution is 2.36. The van der Waals surface area contributed by atoms with Crippen LogP contribution in [0.5, 0.6) is 0 Å². The van der Waals surface area contributed by atoms with E-state index in [4.69, 9.17) is 0 Å². The SMILES string of the molecule is O=C(NC1CCN(c2ccc(C(F)(F)F)cn2)C1)C(F)(F)C(F)(F)F. The van der Waals surface area contributed by atoms with Gasteiger partial charge in [-0.3, -0.25) is 4.79 Å². The molecule has 0 aromatic carbocycles. The number of amides is 1.